The third kappa shape index (κ3) is 3.40. The second kappa shape index (κ2) is 5.77. The largest absolute Gasteiger partial charge is 0.350 e. The van der Waals surface area contributed by atoms with Crippen molar-refractivity contribution in [3.05, 3.63) is 28.2 Å². The smallest absolute Gasteiger partial charge is 0.271 e. The highest BCUT2D eigenvalue weighted by Crippen LogP contribution is 2.22. The van der Waals surface area contributed by atoms with Crippen molar-refractivity contribution < 1.29 is 4.79 Å². The van der Waals surface area contributed by atoms with E-state index in [4.69, 9.17) is 5.73 Å². The summed E-state index contributed by atoms with van der Waals surface area (Å²) in [5.41, 5.74) is 5.75. The molecule has 0 spiro atoms. The summed E-state index contributed by atoms with van der Waals surface area (Å²) < 4.78 is 0. The number of hydrogen-bond donors (Lipinski definition) is 3. The molecular weight excluding hydrogens is 232 g/mol. The monoisotopic (exact) mass is 250 g/mol. The van der Waals surface area contributed by atoms with E-state index in [1.807, 2.05) is 0 Å². The van der Waals surface area contributed by atoms with Gasteiger partial charge in [-0.2, -0.15) is 5.10 Å². The van der Waals surface area contributed by atoms with E-state index < -0.39 is 0 Å². The maximum Gasteiger partial charge on any atom is 0.271 e. The molecule has 6 nitrogen and oxygen atoms in total. The average Bonchev–Trinajstić information content (AvgIpc) is 2.38. The fourth-order valence-electron chi connectivity index (χ4n) is 2.19. The van der Waals surface area contributed by atoms with Crippen LogP contribution in [0.4, 0.5) is 0 Å². The molecule has 6 heteroatoms. The number of nitrogens with one attached hydrogen (secondary N) is 2. The van der Waals surface area contributed by atoms with Crippen LogP contribution in [-0.2, 0) is 0 Å². The molecule has 0 aromatic carbocycles. The molecule has 0 unspecified atom stereocenters. The lowest BCUT2D eigenvalue weighted by atomic mass is 9.86. The van der Waals surface area contributed by atoms with Crippen LogP contribution >= 0.6 is 0 Å². The third-order valence-electron chi connectivity index (χ3n) is 3.35. The van der Waals surface area contributed by atoms with Gasteiger partial charge in [0.25, 0.3) is 11.5 Å². The van der Waals surface area contributed by atoms with E-state index in [0.717, 1.165) is 25.7 Å². The molecule has 1 saturated carbocycles. The van der Waals surface area contributed by atoms with Crippen LogP contribution in [0.25, 0.3) is 0 Å². The van der Waals surface area contributed by atoms with E-state index in [2.05, 4.69) is 15.5 Å². The molecule has 0 aliphatic heterocycles. The first-order chi connectivity index (χ1) is 8.65. The van der Waals surface area contributed by atoms with Gasteiger partial charge in [-0.25, -0.2) is 5.10 Å². The minimum atomic E-state index is -0.312. The van der Waals surface area contributed by atoms with Gasteiger partial charge in [-0.05, 0) is 37.7 Å². The number of carbonyl (C=O) groups is 1. The summed E-state index contributed by atoms with van der Waals surface area (Å²) in [5.74, 6) is 0.248. The van der Waals surface area contributed by atoms with Crippen molar-refractivity contribution in [2.45, 2.75) is 31.7 Å². The predicted molar refractivity (Wildman–Crippen MR) is 67.1 cm³/mol. The number of nitrogens with zero attached hydrogens (tertiary/aromatic N) is 1. The van der Waals surface area contributed by atoms with Gasteiger partial charge in [-0.3, -0.25) is 9.59 Å². The summed E-state index contributed by atoms with van der Waals surface area (Å²) in [5, 5.41) is 8.76. The van der Waals surface area contributed by atoms with Gasteiger partial charge in [0.2, 0.25) is 0 Å². The fraction of sp³-hybridized carbons (Fsp3) is 0.583. The number of aromatic nitrogens is 2. The van der Waals surface area contributed by atoms with Crippen molar-refractivity contribution in [3.8, 4) is 0 Å². The van der Waals surface area contributed by atoms with E-state index in [-0.39, 0.29) is 17.2 Å². The van der Waals surface area contributed by atoms with Crippen molar-refractivity contribution in [2.75, 3.05) is 6.54 Å². The number of carbonyl (C=O) groups excluding carboxylic acids is 1. The third-order valence-corrected chi connectivity index (χ3v) is 3.35. The van der Waals surface area contributed by atoms with E-state index in [0.29, 0.717) is 18.5 Å². The number of aromatic amines is 1. The number of nitrogens with two attached hydrogens (primary N) is 1. The molecule has 98 valence electrons. The summed E-state index contributed by atoms with van der Waals surface area (Å²) in [6.07, 6.45) is 4.16. The molecule has 0 atom stereocenters. The van der Waals surface area contributed by atoms with Crippen LogP contribution in [0, 0.1) is 5.92 Å². The van der Waals surface area contributed by atoms with Gasteiger partial charge in [0.15, 0.2) is 0 Å². The second-order valence-electron chi connectivity index (χ2n) is 4.80. The lowest BCUT2D eigenvalue weighted by Crippen LogP contribution is -2.34. The average molecular weight is 250 g/mol. The first kappa shape index (κ1) is 12.8. The van der Waals surface area contributed by atoms with Gasteiger partial charge in [-0.1, -0.05) is 0 Å². The summed E-state index contributed by atoms with van der Waals surface area (Å²) >= 11 is 0. The molecule has 1 aromatic heterocycles. The molecule has 18 heavy (non-hydrogen) atoms. The number of amides is 1. The van der Waals surface area contributed by atoms with Gasteiger partial charge in [0.1, 0.15) is 5.69 Å². The molecule has 1 amide bonds. The molecule has 2 rings (SSSR count). The van der Waals surface area contributed by atoms with E-state index >= 15 is 0 Å². The number of hydrogen-bond acceptors (Lipinski definition) is 4. The predicted octanol–water partition coefficient (Wildman–Crippen LogP) is 0.0172. The topological polar surface area (TPSA) is 101 Å². The molecule has 4 N–H and O–H groups in total. The molecule has 1 aliphatic rings. The molecular formula is C12H18N4O2. The number of H-pyrrole nitrogens is 1. The quantitative estimate of drug-likeness (QED) is 0.703. The Labute approximate surface area is 105 Å². The molecule has 1 aromatic rings. The van der Waals surface area contributed by atoms with Crippen LogP contribution < -0.4 is 16.6 Å². The van der Waals surface area contributed by atoms with Crippen molar-refractivity contribution in [1.82, 2.24) is 15.5 Å². The highest BCUT2D eigenvalue weighted by Gasteiger charge is 2.19. The van der Waals surface area contributed by atoms with E-state index in [1.165, 1.54) is 12.1 Å². The summed E-state index contributed by atoms with van der Waals surface area (Å²) in [4.78, 5) is 22.6. The molecule has 1 aliphatic carbocycles. The Morgan fingerprint density at radius 3 is 2.72 bits per heavy atom. The van der Waals surface area contributed by atoms with Crippen molar-refractivity contribution in [1.29, 1.82) is 0 Å². The Balaban J connectivity index is 1.81. The maximum atomic E-state index is 11.7. The van der Waals surface area contributed by atoms with E-state index in [1.54, 1.807) is 0 Å². The minimum absolute atomic E-state index is 0.238. The minimum Gasteiger partial charge on any atom is -0.350 e. The van der Waals surface area contributed by atoms with Crippen molar-refractivity contribution in [3.63, 3.8) is 0 Å². The standard InChI is InChI=1S/C12H18N4O2/c13-9-3-1-8(2-4-9)7-14-12(18)10-5-6-11(17)16-15-10/h5-6,8-9H,1-4,7,13H2,(H,14,18)(H,16,17). The Morgan fingerprint density at radius 1 is 1.39 bits per heavy atom. The Kier molecular flexibility index (Phi) is 4.09. The summed E-state index contributed by atoms with van der Waals surface area (Å²) in [7, 11) is 0. The zero-order valence-corrected chi connectivity index (χ0v) is 10.2. The van der Waals surface area contributed by atoms with Crippen LogP contribution in [0.15, 0.2) is 16.9 Å². The first-order valence-corrected chi connectivity index (χ1v) is 6.24. The van der Waals surface area contributed by atoms with Gasteiger partial charge >= 0.3 is 0 Å². The van der Waals surface area contributed by atoms with E-state index in [9.17, 15) is 9.59 Å². The highest BCUT2D eigenvalue weighted by molar-refractivity contribution is 5.91. The Bertz CT molecular complexity index is 443. The molecule has 1 fully saturated rings. The van der Waals surface area contributed by atoms with Crippen LogP contribution in [0.3, 0.4) is 0 Å². The van der Waals surface area contributed by atoms with Crippen LogP contribution in [-0.4, -0.2) is 28.7 Å². The van der Waals surface area contributed by atoms with Gasteiger partial charge in [0.05, 0.1) is 0 Å². The maximum absolute atomic E-state index is 11.7. The number of rotatable bonds is 3. The zero-order chi connectivity index (χ0) is 13.0. The Morgan fingerprint density at radius 2 is 2.11 bits per heavy atom. The fourth-order valence-corrected chi connectivity index (χ4v) is 2.19. The van der Waals surface area contributed by atoms with Crippen LogP contribution in [0.2, 0.25) is 0 Å². The molecule has 1 heterocycles. The van der Waals surface area contributed by atoms with Gasteiger partial charge < -0.3 is 11.1 Å². The normalized spacial score (nSPS) is 23.6. The zero-order valence-electron chi connectivity index (χ0n) is 10.2. The highest BCUT2D eigenvalue weighted by atomic mass is 16.2. The molecule has 0 radical (unpaired) electrons. The van der Waals surface area contributed by atoms with Crippen molar-refractivity contribution in [2.24, 2.45) is 11.7 Å². The van der Waals surface area contributed by atoms with Gasteiger partial charge in [0, 0.05) is 18.7 Å². The Hall–Kier alpha value is -1.69. The lowest BCUT2D eigenvalue weighted by Gasteiger charge is -2.25. The first-order valence-electron chi connectivity index (χ1n) is 6.24. The van der Waals surface area contributed by atoms with Gasteiger partial charge in [-0.15, -0.1) is 0 Å². The lowest BCUT2D eigenvalue weighted by molar-refractivity contribution is 0.0937. The molecule has 0 bridgehead atoms. The van der Waals surface area contributed by atoms with Crippen molar-refractivity contribution >= 4 is 5.91 Å². The molecule has 0 saturated heterocycles. The van der Waals surface area contributed by atoms with Crippen LogP contribution in [0.1, 0.15) is 36.2 Å². The second-order valence-corrected chi connectivity index (χ2v) is 4.80. The van der Waals surface area contributed by atoms with Crippen LogP contribution in [0.5, 0.6) is 0 Å². The summed E-state index contributed by atoms with van der Waals surface area (Å²) in [6.45, 7) is 0.645. The summed E-state index contributed by atoms with van der Waals surface area (Å²) in [6, 6.07) is 3.03. The SMILES string of the molecule is NC1CCC(CNC(=O)c2ccc(=O)[nH]n2)CC1.